The molecule has 0 unspecified atom stereocenters. The minimum atomic E-state index is -1.19. The Morgan fingerprint density at radius 1 is 1.11 bits per heavy atom. The quantitative estimate of drug-likeness (QED) is 0.231. The normalized spacial score (nSPS) is 17.9. The number of aromatic nitrogens is 4. The number of piperidine rings is 1. The molecule has 2 fully saturated rings. The number of amides is 1. The number of anilines is 1. The molecule has 6 rings (SSSR count). The lowest BCUT2D eigenvalue weighted by Crippen LogP contribution is -2.41. The molecule has 4 aromatic rings. The van der Waals surface area contributed by atoms with E-state index in [1.54, 1.807) is 15.7 Å². The van der Waals surface area contributed by atoms with Gasteiger partial charge >= 0.3 is 0 Å². The fourth-order valence-electron chi connectivity index (χ4n) is 5.66. The van der Waals surface area contributed by atoms with Crippen LogP contribution in [0.5, 0.6) is 11.5 Å². The maximum atomic E-state index is 15.5. The van der Waals surface area contributed by atoms with E-state index in [9.17, 15) is 18.8 Å². The second-order valence-electron chi connectivity index (χ2n) is 10.7. The Morgan fingerprint density at radius 2 is 1.93 bits per heavy atom. The van der Waals surface area contributed by atoms with E-state index in [1.807, 2.05) is 0 Å². The van der Waals surface area contributed by atoms with Crippen LogP contribution in [-0.2, 0) is 9.53 Å². The third-order valence-electron chi connectivity index (χ3n) is 7.91. The first kappa shape index (κ1) is 29.1. The van der Waals surface area contributed by atoms with Crippen LogP contribution in [0.2, 0.25) is 0 Å². The zero-order valence-corrected chi connectivity index (χ0v) is 23.5. The van der Waals surface area contributed by atoms with Gasteiger partial charge in [-0.3, -0.25) is 4.79 Å². The van der Waals surface area contributed by atoms with Crippen LogP contribution in [0, 0.1) is 34.7 Å². The maximum Gasteiger partial charge on any atom is 0.264 e. The summed E-state index contributed by atoms with van der Waals surface area (Å²) in [5.74, 6) is -3.60. The van der Waals surface area contributed by atoms with E-state index in [4.69, 9.17) is 20.3 Å². The number of halogens is 3. The lowest BCUT2D eigenvalue weighted by atomic mass is 9.96. The number of nitrogens with two attached hydrogens (primary N) is 1. The second-order valence-corrected chi connectivity index (χ2v) is 10.7. The number of benzene rings is 2. The number of nitrogens with zero attached hydrogens (tertiary/aromatic N) is 6. The molecule has 2 aliphatic heterocycles. The van der Waals surface area contributed by atoms with Crippen molar-refractivity contribution in [1.82, 2.24) is 24.6 Å². The fraction of sp³-hybridized carbons (Fsp3) is 0.323. The monoisotopic (exact) mass is 603 g/mol. The summed E-state index contributed by atoms with van der Waals surface area (Å²) in [5, 5.41) is 14.8. The van der Waals surface area contributed by atoms with Crippen LogP contribution < -0.4 is 10.5 Å². The number of likely N-dealkylation sites (tertiary alicyclic amines) is 1. The van der Waals surface area contributed by atoms with Gasteiger partial charge in [0.2, 0.25) is 5.82 Å². The third-order valence-corrected chi connectivity index (χ3v) is 7.91. The SMILES string of the molecule is N#C/C(=C/C1CCOCC1)C(=O)N1CCC[C@@H](n2nc(-c3ccc(Oc4cccc(F)c4F)cc3F)c3c(N)ncnc32)C1. The Morgan fingerprint density at radius 3 is 2.70 bits per heavy atom. The smallest absolute Gasteiger partial charge is 0.264 e. The minimum absolute atomic E-state index is 0.0488. The molecule has 2 aliphatic rings. The highest BCUT2D eigenvalue weighted by Gasteiger charge is 2.31. The molecule has 0 spiro atoms. The number of carbonyl (C=O) groups is 1. The molecule has 2 aromatic carbocycles. The van der Waals surface area contributed by atoms with Gasteiger partial charge < -0.3 is 20.1 Å². The molecular formula is C31H28F3N7O3. The van der Waals surface area contributed by atoms with Crippen LogP contribution in [0.1, 0.15) is 31.7 Å². The van der Waals surface area contributed by atoms with Gasteiger partial charge in [-0.05, 0) is 55.9 Å². The van der Waals surface area contributed by atoms with E-state index in [-0.39, 0.29) is 58.6 Å². The molecule has 226 valence electrons. The Bertz CT molecular complexity index is 1800. The summed E-state index contributed by atoms with van der Waals surface area (Å²) in [4.78, 5) is 23.5. The second kappa shape index (κ2) is 12.3. The number of nitrogen functional groups attached to an aromatic ring is 1. The molecule has 1 amide bonds. The number of nitriles is 1. The Balaban J connectivity index is 1.30. The molecule has 4 heterocycles. The summed E-state index contributed by atoms with van der Waals surface area (Å²) in [6.07, 6.45) is 5.87. The number of allylic oxidation sites excluding steroid dienone is 1. The van der Waals surface area contributed by atoms with Gasteiger partial charge in [-0.2, -0.15) is 14.8 Å². The van der Waals surface area contributed by atoms with E-state index in [0.717, 1.165) is 25.0 Å². The Kier molecular flexibility index (Phi) is 8.17. The van der Waals surface area contributed by atoms with E-state index in [2.05, 4.69) is 16.0 Å². The molecule has 0 aliphatic carbocycles. The van der Waals surface area contributed by atoms with Gasteiger partial charge in [0.1, 0.15) is 41.0 Å². The van der Waals surface area contributed by atoms with Crippen molar-refractivity contribution in [3.63, 3.8) is 0 Å². The molecular weight excluding hydrogens is 575 g/mol. The first-order valence-electron chi connectivity index (χ1n) is 14.2. The molecule has 1 atom stereocenters. The Labute approximate surface area is 250 Å². The number of hydrogen-bond acceptors (Lipinski definition) is 8. The number of carbonyl (C=O) groups excluding carboxylic acids is 1. The first-order valence-corrected chi connectivity index (χ1v) is 14.2. The van der Waals surface area contributed by atoms with E-state index in [1.165, 1.54) is 30.6 Å². The third kappa shape index (κ3) is 5.68. The van der Waals surface area contributed by atoms with Crippen molar-refractivity contribution in [3.8, 4) is 28.8 Å². The summed E-state index contributed by atoms with van der Waals surface area (Å²) < 4.78 is 55.6. The average Bonchev–Trinajstić information content (AvgIpc) is 3.43. The largest absolute Gasteiger partial charge is 0.454 e. The van der Waals surface area contributed by atoms with Crippen molar-refractivity contribution in [2.75, 3.05) is 32.0 Å². The lowest BCUT2D eigenvalue weighted by molar-refractivity contribution is -0.128. The maximum absolute atomic E-state index is 15.5. The van der Waals surface area contributed by atoms with Gasteiger partial charge in [0.25, 0.3) is 5.91 Å². The number of rotatable bonds is 6. The van der Waals surface area contributed by atoms with Crippen LogP contribution in [0.3, 0.4) is 0 Å². The van der Waals surface area contributed by atoms with Crippen LogP contribution in [0.15, 0.2) is 54.4 Å². The highest BCUT2D eigenvalue weighted by Crippen LogP contribution is 2.37. The highest BCUT2D eigenvalue weighted by atomic mass is 19.2. The van der Waals surface area contributed by atoms with Crippen LogP contribution in [0.25, 0.3) is 22.3 Å². The topological polar surface area (TPSA) is 132 Å². The standard InChI is InChI=1S/C31H28F3N7O3/c32-23-4-1-5-25(27(23)34)44-21-6-7-22(24(33)14-21)28-26-29(36)37-17-38-30(26)41(39-28)20-3-2-10-40(16-20)31(42)19(15-35)13-18-8-11-43-12-9-18/h1,4-7,13-14,17-18,20H,2-3,8-12,16H2,(H2,36,37,38)/b19-13-/t20-/m1/s1. The zero-order valence-electron chi connectivity index (χ0n) is 23.5. The average molecular weight is 604 g/mol. The van der Waals surface area contributed by atoms with Gasteiger partial charge in [-0.25, -0.2) is 23.4 Å². The predicted octanol–water partition coefficient (Wildman–Crippen LogP) is 5.33. The fourth-order valence-corrected chi connectivity index (χ4v) is 5.66. The van der Waals surface area contributed by atoms with E-state index >= 15 is 4.39 Å². The zero-order chi connectivity index (χ0) is 30.8. The molecule has 2 saturated heterocycles. The summed E-state index contributed by atoms with van der Waals surface area (Å²) in [6, 6.07) is 9.06. The minimum Gasteiger partial charge on any atom is -0.454 e. The number of fused-ring (bicyclic) bond motifs is 1. The van der Waals surface area contributed by atoms with Crippen LogP contribution >= 0.6 is 0 Å². The highest BCUT2D eigenvalue weighted by molar-refractivity contribution is 5.99. The van der Waals surface area contributed by atoms with Crippen LogP contribution in [0.4, 0.5) is 19.0 Å². The van der Waals surface area contributed by atoms with Crippen molar-refractivity contribution >= 4 is 22.8 Å². The molecule has 0 bridgehead atoms. The van der Waals surface area contributed by atoms with E-state index in [0.29, 0.717) is 43.6 Å². The van der Waals surface area contributed by atoms with Gasteiger partial charge in [0, 0.05) is 37.9 Å². The molecule has 44 heavy (non-hydrogen) atoms. The van der Waals surface area contributed by atoms with Crippen LogP contribution in [-0.4, -0.2) is 56.9 Å². The molecule has 2 aromatic heterocycles. The molecule has 10 nitrogen and oxygen atoms in total. The van der Waals surface area contributed by atoms with Crippen molar-refractivity contribution in [2.45, 2.75) is 31.7 Å². The predicted molar refractivity (Wildman–Crippen MR) is 154 cm³/mol. The summed E-state index contributed by atoms with van der Waals surface area (Å²) >= 11 is 0. The van der Waals surface area contributed by atoms with Crippen molar-refractivity contribution in [2.24, 2.45) is 5.92 Å². The summed E-state index contributed by atoms with van der Waals surface area (Å²) in [7, 11) is 0. The first-order chi connectivity index (χ1) is 21.3. The van der Waals surface area contributed by atoms with Crippen molar-refractivity contribution in [3.05, 3.63) is 71.8 Å². The van der Waals surface area contributed by atoms with E-state index < -0.39 is 17.5 Å². The summed E-state index contributed by atoms with van der Waals surface area (Å²) in [6.45, 7) is 1.94. The van der Waals surface area contributed by atoms with Crippen molar-refractivity contribution in [1.29, 1.82) is 5.26 Å². The Hall–Kier alpha value is -4.96. The van der Waals surface area contributed by atoms with Crippen molar-refractivity contribution < 1.29 is 27.4 Å². The lowest BCUT2D eigenvalue weighted by Gasteiger charge is -2.33. The molecule has 2 N–H and O–H groups in total. The molecule has 13 heteroatoms. The van der Waals surface area contributed by atoms with Gasteiger partial charge in [-0.1, -0.05) is 12.1 Å². The number of ether oxygens (including phenoxy) is 2. The van der Waals surface area contributed by atoms with Gasteiger partial charge in [0.15, 0.2) is 17.2 Å². The summed E-state index contributed by atoms with van der Waals surface area (Å²) in [5.41, 5.74) is 6.95. The molecule has 0 radical (unpaired) electrons. The number of hydrogen-bond donors (Lipinski definition) is 1. The van der Waals surface area contributed by atoms with Gasteiger partial charge in [0.05, 0.1) is 11.4 Å². The molecule has 0 saturated carbocycles. The van der Waals surface area contributed by atoms with Gasteiger partial charge in [-0.15, -0.1) is 0 Å².